The maximum Gasteiger partial charge on any atom is 0.246 e. The second kappa shape index (κ2) is 9.94. The zero-order chi connectivity index (χ0) is 27.3. The van der Waals surface area contributed by atoms with E-state index in [1.165, 1.54) is 6.42 Å². The average Bonchev–Trinajstić information content (AvgIpc) is 3.58. The van der Waals surface area contributed by atoms with Crippen molar-refractivity contribution in [3.63, 3.8) is 0 Å². The van der Waals surface area contributed by atoms with Crippen molar-refractivity contribution in [2.24, 2.45) is 11.8 Å². The number of likely N-dealkylation sites (tertiary alicyclic amines) is 1. The van der Waals surface area contributed by atoms with Gasteiger partial charge >= 0.3 is 0 Å². The predicted octanol–water partition coefficient (Wildman–Crippen LogP) is 4.60. The van der Waals surface area contributed by atoms with Gasteiger partial charge in [0.25, 0.3) is 0 Å². The summed E-state index contributed by atoms with van der Waals surface area (Å²) in [5.74, 6) is -2.15. The molecule has 3 heterocycles. The third kappa shape index (κ3) is 4.27. The van der Waals surface area contributed by atoms with Crippen LogP contribution in [-0.4, -0.2) is 46.4 Å². The standard InChI is InChI=1S/C32H37N3O4/c1-19-14-15-24(18-20(19)2)34-29(36)26-25-16-17-32(39-25)27(26)31(38)35(21(3)22-10-6-4-7-11-22)28(32)30(37)33-23-12-8-5-9-13-23/h4,6-7,10-11,14-18,21,23,25-28H,5,8-9,12-13H2,1-3H3,(H,33,37)(H,34,36)/t21-,25-,26+,27-,28+,32-/m1/s1. The topological polar surface area (TPSA) is 87.7 Å². The highest BCUT2D eigenvalue weighted by molar-refractivity contribution is 6.03. The second-order valence-electron chi connectivity index (χ2n) is 11.7. The number of nitrogens with one attached hydrogen (secondary N) is 2. The number of hydrogen-bond donors (Lipinski definition) is 2. The van der Waals surface area contributed by atoms with Crippen LogP contribution in [0.2, 0.25) is 0 Å². The Kier molecular flexibility index (Phi) is 6.58. The molecule has 0 radical (unpaired) electrons. The molecule has 3 aliphatic heterocycles. The lowest BCUT2D eigenvalue weighted by Crippen LogP contribution is -2.56. The lowest BCUT2D eigenvalue weighted by molar-refractivity contribution is -0.143. The van der Waals surface area contributed by atoms with Gasteiger partial charge in [-0.1, -0.05) is 67.8 Å². The van der Waals surface area contributed by atoms with Gasteiger partial charge in [-0.25, -0.2) is 0 Å². The van der Waals surface area contributed by atoms with Crippen molar-refractivity contribution in [3.8, 4) is 0 Å². The predicted molar refractivity (Wildman–Crippen MR) is 149 cm³/mol. The number of amides is 3. The van der Waals surface area contributed by atoms with Gasteiger partial charge in [0, 0.05) is 11.7 Å². The Balaban J connectivity index is 1.35. The van der Waals surface area contributed by atoms with Gasteiger partial charge in [-0.05, 0) is 62.4 Å². The molecule has 4 aliphatic rings. The monoisotopic (exact) mass is 527 g/mol. The summed E-state index contributed by atoms with van der Waals surface area (Å²) in [6.45, 7) is 5.98. The molecule has 39 heavy (non-hydrogen) atoms. The van der Waals surface area contributed by atoms with Crippen molar-refractivity contribution in [2.45, 2.75) is 82.7 Å². The molecular weight excluding hydrogens is 490 g/mol. The first-order chi connectivity index (χ1) is 18.8. The molecule has 204 valence electrons. The van der Waals surface area contributed by atoms with Crippen LogP contribution in [-0.2, 0) is 19.1 Å². The fourth-order valence-corrected chi connectivity index (χ4v) is 7.09. The van der Waals surface area contributed by atoms with Gasteiger partial charge in [0.05, 0.1) is 24.0 Å². The van der Waals surface area contributed by atoms with E-state index in [9.17, 15) is 14.4 Å². The van der Waals surface area contributed by atoms with E-state index in [1.807, 2.05) is 81.5 Å². The number of aryl methyl sites for hydroxylation is 2. The average molecular weight is 528 g/mol. The quantitative estimate of drug-likeness (QED) is 0.538. The van der Waals surface area contributed by atoms with Gasteiger partial charge in [-0.2, -0.15) is 0 Å². The number of rotatable bonds is 6. The summed E-state index contributed by atoms with van der Waals surface area (Å²) >= 11 is 0. The minimum Gasteiger partial charge on any atom is -0.359 e. The van der Waals surface area contributed by atoms with Crippen molar-refractivity contribution in [1.82, 2.24) is 10.2 Å². The number of fused-ring (bicyclic) bond motifs is 1. The Morgan fingerprint density at radius 1 is 1.00 bits per heavy atom. The number of hydrogen-bond acceptors (Lipinski definition) is 4. The van der Waals surface area contributed by atoms with Crippen LogP contribution < -0.4 is 10.6 Å². The van der Waals surface area contributed by atoms with E-state index in [2.05, 4.69) is 10.6 Å². The number of benzene rings is 2. The molecule has 0 aromatic heterocycles. The van der Waals surface area contributed by atoms with Crippen LogP contribution in [0.5, 0.6) is 0 Å². The molecule has 1 aliphatic carbocycles. The Morgan fingerprint density at radius 3 is 2.46 bits per heavy atom. The number of carbonyl (C=O) groups is 3. The van der Waals surface area contributed by atoms with Crippen molar-refractivity contribution in [3.05, 3.63) is 77.4 Å². The van der Waals surface area contributed by atoms with E-state index in [1.54, 1.807) is 4.90 Å². The van der Waals surface area contributed by atoms with Crippen LogP contribution in [0.1, 0.15) is 61.8 Å². The Labute approximate surface area is 230 Å². The van der Waals surface area contributed by atoms with Crippen LogP contribution in [0.25, 0.3) is 0 Å². The molecule has 6 atom stereocenters. The van der Waals surface area contributed by atoms with Gasteiger partial charge < -0.3 is 20.3 Å². The van der Waals surface area contributed by atoms with E-state index in [4.69, 9.17) is 4.74 Å². The van der Waals surface area contributed by atoms with Crippen LogP contribution >= 0.6 is 0 Å². The first-order valence-electron chi connectivity index (χ1n) is 14.2. The van der Waals surface area contributed by atoms with Crippen molar-refractivity contribution < 1.29 is 19.1 Å². The summed E-state index contributed by atoms with van der Waals surface area (Å²) in [6.07, 6.45) is 8.44. The fourth-order valence-electron chi connectivity index (χ4n) is 7.09. The van der Waals surface area contributed by atoms with Crippen molar-refractivity contribution >= 4 is 23.4 Å². The minimum absolute atomic E-state index is 0.0946. The molecule has 3 amide bonds. The van der Waals surface area contributed by atoms with Gasteiger partial charge in [0.2, 0.25) is 17.7 Å². The molecule has 7 nitrogen and oxygen atoms in total. The van der Waals surface area contributed by atoms with E-state index in [-0.39, 0.29) is 29.8 Å². The summed E-state index contributed by atoms with van der Waals surface area (Å²) in [5, 5.41) is 6.28. The minimum atomic E-state index is -1.17. The Hall–Kier alpha value is -3.45. The largest absolute Gasteiger partial charge is 0.359 e. The van der Waals surface area contributed by atoms with Gasteiger partial charge in [0.15, 0.2) is 0 Å². The molecule has 1 spiro atoms. The second-order valence-corrected chi connectivity index (χ2v) is 11.7. The first kappa shape index (κ1) is 25.8. The van der Waals surface area contributed by atoms with Crippen LogP contribution in [0.4, 0.5) is 5.69 Å². The van der Waals surface area contributed by atoms with Gasteiger partial charge in [-0.15, -0.1) is 0 Å². The number of nitrogens with zero attached hydrogens (tertiary/aromatic N) is 1. The van der Waals surface area contributed by atoms with Crippen molar-refractivity contribution in [2.75, 3.05) is 5.32 Å². The van der Waals surface area contributed by atoms with E-state index < -0.39 is 29.6 Å². The maximum absolute atomic E-state index is 14.3. The Morgan fingerprint density at radius 2 is 1.74 bits per heavy atom. The van der Waals surface area contributed by atoms with Gasteiger partial charge in [0.1, 0.15) is 11.6 Å². The van der Waals surface area contributed by atoms with E-state index in [0.717, 1.165) is 42.4 Å². The molecule has 2 bridgehead atoms. The molecule has 2 saturated heterocycles. The zero-order valence-corrected chi connectivity index (χ0v) is 22.9. The number of ether oxygens (including phenoxy) is 1. The summed E-state index contributed by atoms with van der Waals surface area (Å²) < 4.78 is 6.51. The molecule has 2 aromatic rings. The molecule has 2 aromatic carbocycles. The van der Waals surface area contributed by atoms with E-state index >= 15 is 0 Å². The van der Waals surface area contributed by atoms with E-state index in [0.29, 0.717) is 5.69 Å². The molecular formula is C32H37N3O4. The summed E-state index contributed by atoms with van der Waals surface area (Å²) in [4.78, 5) is 43.8. The molecule has 1 saturated carbocycles. The number of anilines is 1. The van der Waals surface area contributed by atoms with Crippen molar-refractivity contribution in [1.29, 1.82) is 0 Å². The lowest BCUT2D eigenvalue weighted by Gasteiger charge is -2.37. The highest BCUT2D eigenvalue weighted by Gasteiger charge is 2.73. The molecule has 0 unspecified atom stereocenters. The third-order valence-corrected chi connectivity index (χ3v) is 9.29. The number of carbonyl (C=O) groups excluding carboxylic acids is 3. The lowest BCUT2D eigenvalue weighted by atomic mass is 9.74. The SMILES string of the molecule is Cc1ccc(NC(=O)[C@H]2[C@H]3C=C[C@]4(O3)[C@H](C(=O)NC3CCCCC3)N([C@H](C)c3ccccc3)C(=O)[C@@H]24)cc1C. The molecule has 2 N–H and O–H groups in total. The fraction of sp³-hybridized carbons (Fsp3) is 0.469. The maximum atomic E-state index is 14.3. The smallest absolute Gasteiger partial charge is 0.246 e. The molecule has 7 heteroatoms. The summed E-state index contributed by atoms with van der Waals surface area (Å²) in [7, 11) is 0. The van der Waals surface area contributed by atoms with Crippen LogP contribution in [0, 0.1) is 25.7 Å². The summed E-state index contributed by atoms with van der Waals surface area (Å²) in [5.41, 5.74) is 2.67. The Bertz CT molecular complexity index is 1320. The first-order valence-corrected chi connectivity index (χ1v) is 14.2. The summed E-state index contributed by atoms with van der Waals surface area (Å²) in [6, 6.07) is 14.4. The highest BCUT2D eigenvalue weighted by Crippen LogP contribution is 2.56. The normalized spacial score (nSPS) is 30.3. The third-order valence-electron chi connectivity index (χ3n) is 9.29. The molecule has 6 rings (SSSR count). The van der Waals surface area contributed by atoms with Gasteiger partial charge in [-0.3, -0.25) is 14.4 Å². The van der Waals surface area contributed by atoms with Crippen LogP contribution in [0.15, 0.2) is 60.7 Å². The van der Waals surface area contributed by atoms with Crippen LogP contribution in [0.3, 0.4) is 0 Å². The highest BCUT2D eigenvalue weighted by atomic mass is 16.5. The molecule has 3 fully saturated rings. The zero-order valence-electron chi connectivity index (χ0n) is 22.9.